The third-order valence-electron chi connectivity index (χ3n) is 3.33. The van der Waals surface area contributed by atoms with Gasteiger partial charge in [-0.3, -0.25) is 9.69 Å². The minimum Gasteiger partial charge on any atom is -0.481 e. The number of rotatable bonds is 6. The fraction of sp³-hybridized carbons (Fsp3) is 0.533. The van der Waals surface area contributed by atoms with Crippen molar-refractivity contribution in [2.24, 2.45) is 0 Å². The van der Waals surface area contributed by atoms with Gasteiger partial charge in [-0.2, -0.15) is 0 Å². The quantitative estimate of drug-likeness (QED) is 0.852. The largest absolute Gasteiger partial charge is 0.481 e. The number of carbonyl (C=O) groups excluding carboxylic acids is 1. The summed E-state index contributed by atoms with van der Waals surface area (Å²) < 4.78 is 23.5. The van der Waals surface area contributed by atoms with Crippen LogP contribution in [0.4, 0.5) is 4.39 Å². The maximum absolute atomic E-state index is 12.8. The van der Waals surface area contributed by atoms with Crippen LogP contribution in [0.2, 0.25) is 0 Å². The minimum absolute atomic E-state index is 0.174. The first kappa shape index (κ1) is 15.7. The summed E-state index contributed by atoms with van der Waals surface area (Å²) >= 11 is 0. The molecule has 1 fully saturated rings. The van der Waals surface area contributed by atoms with Crippen LogP contribution in [0, 0.1) is 5.82 Å². The number of morpholine rings is 1. The molecule has 1 atom stereocenters. The Morgan fingerprint density at radius 3 is 2.71 bits per heavy atom. The fourth-order valence-corrected chi connectivity index (χ4v) is 2.08. The Balaban J connectivity index is 1.68. The average molecular weight is 296 g/mol. The van der Waals surface area contributed by atoms with Gasteiger partial charge >= 0.3 is 0 Å². The van der Waals surface area contributed by atoms with Gasteiger partial charge in [0.25, 0.3) is 5.91 Å². The summed E-state index contributed by atoms with van der Waals surface area (Å²) in [6.07, 6.45) is -0.611. The summed E-state index contributed by atoms with van der Waals surface area (Å²) in [4.78, 5) is 14.1. The van der Waals surface area contributed by atoms with E-state index >= 15 is 0 Å². The zero-order valence-corrected chi connectivity index (χ0v) is 12.2. The SMILES string of the molecule is CC(Oc1ccc(F)cc1)C(=O)NCCN1CCOCC1. The second-order valence-corrected chi connectivity index (χ2v) is 4.96. The molecular formula is C15H21FN2O3. The first-order chi connectivity index (χ1) is 10.1. The molecule has 5 nitrogen and oxygen atoms in total. The van der Waals surface area contributed by atoms with Gasteiger partial charge in [0.15, 0.2) is 6.10 Å². The molecule has 1 aliphatic rings. The highest BCUT2D eigenvalue weighted by Gasteiger charge is 2.15. The van der Waals surface area contributed by atoms with Gasteiger partial charge in [-0.15, -0.1) is 0 Å². The number of ether oxygens (including phenoxy) is 2. The molecule has 21 heavy (non-hydrogen) atoms. The van der Waals surface area contributed by atoms with E-state index in [0.29, 0.717) is 12.3 Å². The van der Waals surface area contributed by atoms with Crippen molar-refractivity contribution in [1.29, 1.82) is 0 Å². The molecule has 1 saturated heterocycles. The number of amides is 1. The number of hydrogen-bond donors (Lipinski definition) is 1. The van der Waals surface area contributed by atoms with Crippen LogP contribution in [-0.4, -0.2) is 56.3 Å². The number of halogens is 1. The predicted octanol–water partition coefficient (Wildman–Crippen LogP) is 1.04. The van der Waals surface area contributed by atoms with Crippen molar-refractivity contribution in [1.82, 2.24) is 10.2 Å². The van der Waals surface area contributed by atoms with E-state index in [9.17, 15) is 9.18 Å². The molecule has 1 aliphatic heterocycles. The maximum atomic E-state index is 12.8. The Labute approximate surface area is 124 Å². The molecule has 2 rings (SSSR count). The van der Waals surface area contributed by atoms with E-state index in [0.717, 1.165) is 32.8 Å². The van der Waals surface area contributed by atoms with Crippen molar-refractivity contribution in [2.75, 3.05) is 39.4 Å². The molecule has 1 aromatic rings. The lowest BCUT2D eigenvalue weighted by Gasteiger charge is -2.26. The van der Waals surface area contributed by atoms with Crippen molar-refractivity contribution in [2.45, 2.75) is 13.0 Å². The van der Waals surface area contributed by atoms with E-state index < -0.39 is 6.10 Å². The Morgan fingerprint density at radius 2 is 2.05 bits per heavy atom. The second kappa shape index (κ2) is 7.95. The van der Waals surface area contributed by atoms with Crippen molar-refractivity contribution in [3.63, 3.8) is 0 Å². The maximum Gasteiger partial charge on any atom is 0.260 e. The van der Waals surface area contributed by atoms with Crippen LogP contribution in [0.5, 0.6) is 5.75 Å². The van der Waals surface area contributed by atoms with Crippen molar-refractivity contribution < 1.29 is 18.7 Å². The Morgan fingerprint density at radius 1 is 1.38 bits per heavy atom. The van der Waals surface area contributed by atoms with Crippen LogP contribution in [0.25, 0.3) is 0 Å². The van der Waals surface area contributed by atoms with Gasteiger partial charge in [-0.25, -0.2) is 4.39 Å². The molecule has 6 heteroatoms. The van der Waals surface area contributed by atoms with Gasteiger partial charge in [0.05, 0.1) is 13.2 Å². The molecule has 0 saturated carbocycles. The van der Waals surface area contributed by atoms with Gasteiger partial charge in [0.1, 0.15) is 11.6 Å². The van der Waals surface area contributed by atoms with Crippen molar-refractivity contribution in [3.8, 4) is 5.75 Å². The predicted molar refractivity (Wildman–Crippen MR) is 76.8 cm³/mol. The van der Waals surface area contributed by atoms with E-state index in [-0.39, 0.29) is 11.7 Å². The molecule has 1 amide bonds. The van der Waals surface area contributed by atoms with E-state index in [1.54, 1.807) is 6.92 Å². The molecule has 0 aliphatic carbocycles. The third-order valence-corrected chi connectivity index (χ3v) is 3.33. The van der Waals surface area contributed by atoms with Crippen LogP contribution < -0.4 is 10.1 Å². The van der Waals surface area contributed by atoms with E-state index in [1.807, 2.05) is 0 Å². The third kappa shape index (κ3) is 5.32. The van der Waals surface area contributed by atoms with Gasteiger partial charge < -0.3 is 14.8 Å². The zero-order valence-electron chi connectivity index (χ0n) is 12.2. The van der Waals surface area contributed by atoms with Crippen LogP contribution in [-0.2, 0) is 9.53 Å². The van der Waals surface area contributed by atoms with E-state index in [2.05, 4.69) is 10.2 Å². The summed E-state index contributed by atoms with van der Waals surface area (Å²) in [5.41, 5.74) is 0. The van der Waals surface area contributed by atoms with Gasteiger partial charge in [-0.05, 0) is 31.2 Å². The first-order valence-corrected chi connectivity index (χ1v) is 7.15. The summed E-state index contributed by atoms with van der Waals surface area (Å²) in [5, 5.41) is 2.84. The fourth-order valence-electron chi connectivity index (χ4n) is 2.08. The second-order valence-electron chi connectivity index (χ2n) is 4.96. The molecule has 1 unspecified atom stereocenters. The number of benzene rings is 1. The monoisotopic (exact) mass is 296 g/mol. The molecule has 0 aromatic heterocycles. The zero-order chi connectivity index (χ0) is 15.1. The summed E-state index contributed by atoms with van der Waals surface area (Å²) in [6, 6.07) is 5.62. The first-order valence-electron chi connectivity index (χ1n) is 7.15. The van der Waals surface area contributed by atoms with Gasteiger partial charge in [-0.1, -0.05) is 0 Å². The highest BCUT2D eigenvalue weighted by molar-refractivity contribution is 5.80. The Kier molecular flexibility index (Phi) is 5.95. The summed E-state index contributed by atoms with van der Waals surface area (Å²) in [5.74, 6) is -0.0234. The molecule has 0 spiro atoms. The van der Waals surface area contributed by atoms with Gasteiger partial charge in [0.2, 0.25) is 0 Å². The number of carbonyl (C=O) groups is 1. The van der Waals surface area contributed by atoms with E-state index in [1.165, 1.54) is 24.3 Å². The smallest absolute Gasteiger partial charge is 0.260 e. The molecular weight excluding hydrogens is 275 g/mol. The van der Waals surface area contributed by atoms with Crippen LogP contribution >= 0.6 is 0 Å². The molecule has 1 heterocycles. The number of nitrogens with one attached hydrogen (secondary N) is 1. The normalized spacial score (nSPS) is 17.2. The lowest BCUT2D eigenvalue weighted by molar-refractivity contribution is -0.127. The standard InChI is InChI=1S/C15H21FN2O3/c1-12(21-14-4-2-13(16)3-5-14)15(19)17-6-7-18-8-10-20-11-9-18/h2-5,12H,6-11H2,1H3,(H,17,19). The topological polar surface area (TPSA) is 50.8 Å². The Bertz CT molecular complexity index is 447. The summed E-state index contributed by atoms with van der Waals surface area (Å²) in [6.45, 7) is 6.35. The molecule has 1 N–H and O–H groups in total. The molecule has 0 bridgehead atoms. The van der Waals surface area contributed by atoms with Gasteiger partial charge in [0, 0.05) is 26.2 Å². The molecule has 0 radical (unpaired) electrons. The van der Waals surface area contributed by atoms with Crippen LogP contribution in [0.15, 0.2) is 24.3 Å². The number of hydrogen-bond acceptors (Lipinski definition) is 4. The van der Waals surface area contributed by atoms with E-state index in [4.69, 9.17) is 9.47 Å². The average Bonchev–Trinajstić information content (AvgIpc) is 2.50. The summed E-state index contributed by atoms with van der Waals surface area (Å²) in [7, 11) is 0. The molecule has 1 aromatic carbocycles. The van der Waals surface area contributed by atoms with Crippen molar-refractivity contribution >= 4 is 5.91 Å². The lowest BCUT2D eigenvalue weighted by Crippen LogP contribution is -2.43. The Hall–Kier alpha value is -1.66. The molecule has 116 valence electrons. The van der Waals surface area contributed by atoms with Crippen LogP contribution in [0.1, 0.15) is 6.92 Å². The highest BCUT2D eigenvalue weighted by Crippen LogP contribution is 2.12. The van der Waals surface area contributed by atoms with Crippen LogP contribution in [0.3, 0.4) is 0 Å². The minimum atomic E-state index is -0.611. The highest BCUT2D eigenvalue weighted by atomic mass is 19.1. The van der Waals surface area contributed by atoms with Crippen molar-refractivity contribution in [3.05, 3.63) is 30.1 Å². The number of nitrogens with zero attached hydrogens (tertiary/aromatic N) is 1. The lowest BCUT2D eigenvalue weighted by atomic mass is 10.3.